The highest BCUT2D eigenvalue weighted by atomic mass is 16.5. The first kappa shape index (κ1) is 17.7. The largest absolute Gasteiger partial charge is 0.493 e. The molecule has 0 saturated heterocycles. The van der Waals surface area contributed by atoms with Crippen LogP contribution in [0.2, 0.25) is 0 Å². The van der Waals surface area contributed by atoms with Crippen LogP contribution in [0.3, 0.4) is 0 Å². The molecular formula is C19H27N3O3. The molecule has 0 amide bonds. The Balaban J connectivity index is 1.81. The van der Waals surface area contributed by atoms with Gasteiger partial charge >= 0.3 is 0 Å². The van der Waals surface area contributed by atoms with Crippen molar-refractivity contribution in [3.63, 3.8) is 0 Å². The fourth-order valence-corrected chi connectivity index (χ4v) is 3.10. The highest BCUT2D eigenvalue weighted by Crippen LogP contribution is 2.35. The Labute approximate surface area is 149 Å². The normalized spacial score (nSPS) is 16.4. The molecule has 0 aliphatic carbocycles. The molecule has 0 radical (unpaired) electrons. The van der Waals surface area contributed by atoms with Gasteiger partial charge < -0.3 is 14.0 Å². The van der Waals surface area contributed by atoms with Crippen LogP contribution < -0.4 is 9.47 Å². The lowest BCUT2D eigenvalue weighted by atomic mass is 9.96. The van der Waals surface area contributed by atoms with Gasteiger partial charge in [0, 0.05) is 18.5 Å². The first-order valence-electron chi connectivity index (χ1n) is 8.65. The van der Waals surface area contributed by atoms with Crippen LogP contribution in [0.15, 0.2) is 16.7 Å². The van der Waals surface area contributed by atoms with E-state index in [1.807, 2.05) is 0 Å². The molecule has 6 heteroatoms. The Hall–Kier alpha value is -2.08. The van der Waals surface area contributed by atoms with Crippen molar-refractivity contribution in [3.8, 4) is 11.5 Å². The molecule has 2 aromatic rings. The van der Waals surface area contributed by atoms with E-state index in [1.54, 1.807) is 14.2 Å². The number of nitrogens with zero attached hydrogens (tertiary/aromatic N) is 3. The molecule has 0 fully saturated rings. The molecule has 3 rings (SSSR count). The first-order chi connectivity index (χ1) is 11.8. The molecule has 1 aliphatic heterocycles. The minimum absolute atomic E-state index is 0.0739. The van der Waals surface area contributed by atoms with E-state index in [1.165, 1.54) is 11.1 Å². The molecule has 0 saturated carbocycles. The molecule has 1 atom stereocenters. The van der Waals surface area contributed by atoms with E-state index in [0.29, 0.717) is 5.89 Å². The second kappa shape index (κ2) is 6.67. The van der Waals surface area contributed by atoms with E-state index >= 15 is 0 Å². The smallest absolute Gasteiger partial charge is 0.243 e. The zero-order valence-electron chi connectivity index (χ0n) is 15.9. The molecule has 1 unspecified atom stereocenters. The van der Waals surface area contributed by atoms with Crippen molar-refractivity contribution in [1.82, 2.24) is 15.0 Å². The zero-order valence-corrected chi connectivity index (χ0v) is 15.9. The summed E-state index contributed by atoms with van der Waals surface area (Å²) in [4.78, 5) is 6.96. The fourth-order valence-electron chi connectivity index (χ4n) is 3.10. The van der Waals surface area contributed by atoms with Gasteiger partial charge in [0.25, 0.3) is 0 Å². The molecule has 1 aromatic carbocycles. The summed E-state index contributed by atoms with van der Waals surface area (Å²) in [7, 11) is 3.34. The van der Waals surface area contributed by atoms with Crippen LogP contribution in [-0.4, -0.2) is 35.8 Å². The average Bonchev–Trinajstić information content (AvgIpc) is 3.09. The van der Waals surface area contributed by atoms with Crippen LogP contribution >= 0.6 is 0 Å². The predicted octanol–water partition coefficient (Wildman–Crippen LogP) is 3.50. The van der Waals surface area contributed by atoms with E-state index < -0.39 is 0 Å². The van der Waals surface area contributed by atoms with Crippen LogP contribution in [0.25, 0.3) is 0 Å². The third kappa shape index (κ3) is 3.49. The minimum atomic E-state index is -0.111. The van der Waals surface area contributed by atoms with Crippen LogP contribution in [0.1, 0.15) is 56.6 Å². The number of fused-ring (bicyclic) bond motifs is 1. The summed E-state index contributed by atoms with van der Waals surface area (Å²) >= 11 is 0. The van der Waals surface area contributed by atoms with Crippen LogP contribution in [-0.2, 0) is 18.4 Å². The molecular weight excluding hydrogens is 318 g/mol. The van der Waals surface area contributed by atoms with Crippen LogP contribution in [0.5, 0.6) is 11.5 Å². The molecule has 0 bridgehead atoms. The lowest BCUT2D eigenvalue weighted by Crippen LogP contribution is -2.33. The predicted molar refractivity (Wildman–Crippen MR) is 95.1 cm³/mol. The lowest BCUT2D eigenvalue weighted by Gasteiger charge is -2.32. The summed E-state index contributed by atoms with van der Waals surface area (Å²) in [5, 5.41) is 4.15. The second-order valence-electron chi connectivity index (χ2n) is 7.58. The third-order valence-electron chi connectivity index (χ3n) is 4.77. The average molecular weight is 345 g/mol. The summed E-state index contributed by atoms with van der Waals surface area (Å²) in [5.74, 6) is 2.98. The van der Waals surface area contributed by atoms with Gasteiger partial charge in [-0.2, -0.15) is 4.98 Å². The van der Waals surface area contributed by atoms with Crippen molar-refractivity contribution in [2.45, 2.75) is 52.1 Å². The van der Waals surface area contributed by atoms with E-state index in [4.69, 9.17) is 14.0 Å². The van der Waals surface area contributed by atoms with Crippen LogP contribution in [0, 0.1) is 0 Å². The highest BCUT2D eigenvalue weighted by Gasteiger charge is 2.28. The number of methoxy groups -OCH3 is 2. The maximum atomic E-state index is 5.53. The Bertz CT molecular complexity index is 749. The zero-order chi connectivity index (χ0) is 18.2. The topological polar surface area (TPSA) is 60.6 Å². The third-order valence-corrected chi connectivity index (χ3v) is 4.77. The van der Waals surface area contributed by atoms with Crippen molar-refractivity contribution in [2.75, 3.05) is 20.8 Å². The van der Waals surface area contributed by atoms with E-state index in [-0.39, 0.29) is 11.5 Å². The summed E-state index contributed by atoms with van der Waals surface area (Å²) in [6, 6.07) is 4.23. The van der Waals surface area contributed by atoms with Crippen LogP contribution in [0.4, 0.5) is 0 Å². The SMILES string of the molecule is COc1cc2c(cc1OC)CN(C(C)c1nc(C(C)(C)C)no1)CC2. The van der Waals surface area contributed by atoms with Gasteiger partial charge in [0.15, 0.2) is 17.3 Å². The van der Waals surface area contributed by atoms with Gasteiger partial charge in [-0.25, -0.2) is 0 Å². The van der Waals surface area contributed by atoms with Gasteiger partial charge in [-0.3, -0.25) is 4.90 Å². The Morgan fingerprint density at radius 2 is 1.76 bits per heavy atom. The van der Waals surface area contributed by atoms with Gasteiger partial charge in [0.1, 0.15) is 0 Å². The number of benzene rings is 1. The number of hydrogen-bond acceptors (Lipinski definition) is 6. The summed E-state index contributed by atoms with van der Waals surface area (Å²) in [5.41, 5.74) is 2.45. The van der Waals surface area contributed by atoms with Gasteiger partial charge in [-0.15, -0.1) is 0 Å². The molecule has 6 nitrogen and oxygen atoms in total. The Morgan fingerprint density at radius 1 is 1.12 bits per heavy atom. The molecule has 0 spiro atoms. The second-order valence-corrected chi connectivity index (χ2v) is 7.58. The lowest BCUT2D eigenvalue weighted by molar-refractivity contribution is 0.157. The fraction of sp³-hybridized carbons (Fsp3) is 0.579. The maximum absolute atomic E-state index is 5.53. The number of hydrogen-bond donors (Lipinski definition) is 0. The summed E-state index contributed by atoms with van der Waals surface area (Å²) < 4.78 is 16.4. The summed E-state index contributed by atoms with van der Waals surface area (Å²) in [6.45, 7) is 10.1. The Kier molecular flexibility index (Phi) is 4.73. The van der Waals surface area contributed by atoms with E-state index in [0.717, 1.165) is 36.8 Å². The minimum Gasteiger partial charge on any atom is -0.493 e. The maximum Gasteiger partial charge on any atom is 0.243 e. The monoisotopic (exact) mass is 345 g/mol. The quantitative estimate of drug-likeness (QED) is 0.845. The van der Waals surface area contributed by atoms with Gasteiger partial charge in [0.05, 0.1) is 20.3 Å². The van der Waals surface area contributed by atoms with Crippen molar-refractivity contribution in [3.05, 3.63) is 35.0 Å². The number of rotatable bonds is 4. The van der Waals surface area contributed by atoms with Gasteiger partial charge in [0.2, 0.25) is 5.89 Å². The molecule has 136 valence electrons. The van der Waals surface area contributed by atoms with E-state index in [2.05, 4.69) is 54.9 Å². The molecule has 1 aromatic heterocycles. The molecule has 25 heavy (non-hydrogen) atoms. The van der Waals surface area contributed by atoms with Crippen molar-refractivity contribution in [2.24, 2.45) is 0 Å². The summed E-state index contributed by atoms with van der Waals surface area (Å²) in [6.07, 6.45) is 0.959. The molecule has 0 N–H and O–H groups in total. The number of aromatic nitrogens is 2. The van der Waals surface area contributed by atoms with E-state index in [9.17, 15) is 0 Å². The van der Waals surface area contributed by atoms with Crippen molar-refractivity contribution < 1.29 is 14.0 Å². The first-order valence-corrected chi connectivity index (χ1v) is 8.65. The van der Waals surface area contributed by atoms with Gasteiger partial charge in [-0.05, 0) is 36.6 Å². The standard InChI is InChI=1S/C19H27N3O3/c1-12(17-20-18(21-25-17)19(2,3)4)22-8-7-13-9-15(23-5)16(24-6)10-14(13)11-22/h9-10,12H,7-8,11H2,1-6H3. The van der Waals surface area contributed by atoms with Crippen molar-refractivity contribution >= 4 is 0 Å². The van der Waals surface area contributed by atoms with Gasteiger partial charge in [-0.1, -0.05) is 25.9 Å². The highest BCUT2D eigenvalue weighted by molar-refractivity contribution is 5.48. The molecule has 2 heterocycles. The van der Waals surface area contributed by atoms with Crippen molar-refractivity contribution in [1.29, 1.82) is 0 Å². The molecule has 1 aliphatic rings. The number of ether oxygens (including phenoxy) is 2. The Morgan fingerprint density at radius 3 is 2.32 bits per heavy atom.